The second-order valence-electron chi connectivity index (χ2n) is 8.77. The molecule has 35 heavy (non-hydrogen) atoms. The molecule has 2 N–H and O–H groups in total. The maximum absolute atomic E-state index is 12.2. The molecule has 1 fully saturated rings. The Labute approximate surface area is 204 Å². The molecule has 4 aromatic rings. The second kappa shape index (κ2) is 9.20. The molecule has 182 valence electrons. The predicted octanol–water partition coefficient (Wildman–Crippen LogP) is 3.50. The standard InChI is InChI=1S/C25H28N6O3S/c1-29(35(2,33)34)23-6-4-3-5-22(23)24-12-11-20-17-26-25(28-31(20)24)27-18-7-9-19(10-8-18)30-15-13-21(32)14-16-30/h3-12,17,21,32H,13-16H2,1-2H3,(H,27,28). The van der Waals surface area contributed by atoms with Gasteiger partial charge in [-0.3, -0.25) is 4.31 Å². The van der Waals surface area contributed by atoms with Crippen LogP contribution in [0.25, 0.3) is 16.8 Å². The van der Waals surface area contributed by atoms with Gasteiger partial charge < -0.3 is 15.3 Å². The number of hydrogen-bond acceptors (Lipinski definition) is 7. The zero-order valence-corrected chi connectivity index (χ0v) is 20.5. The van der Waals surface area contributed by atoms with Crippen molar-refractivity contribution in [3.8, 4) is 11.3 Å². The minimum atomic E-state index is -3.42. The Morgan fingerprint density at radius 1 is 1.03 bits per heavy atom. The molecule has 0 spiro atoms. The number of nitrogens with zero attached hydrogens (tertiary/aromatic N) is 5. The summed E-state index contributed by atoms with van der Waals surface area (Å²) in [6, 6.07) is 19.2. The van der Waals surface area contributed by atoms with Gasteiger partial charge in [-0.25, -0.2) is 17.9 Å². The van der Waals surface area contributed by atoms with Crippen LogP contribution in [-0.4, -0.2) is 60.6 Å². The van der Waals surface area contributed by atoms with Crippen molar-refractivity contribution in [2.24, 2.45) is 0 Å². The molecular weight excluding hydrogens is 464 g/mol. The molecule has 1 aliphatic rings. The van der Waals surface area contributed by atoms with E-state index in [9.17, 15) is 13.5 Å². The minimum absolute atomic E-state index is 0.198. The summed E-state index contributed by atoms with van der Waals surface area (Å²) in [6.45, 7) is 1.69. The summed E-state index contributed by atoms with van der Waals surface area (Å²) < 4.78 is 27.4. The molecule has 0 unspecified atom stereocenters. The summed E-state index contributed by atoms with van der Waals surface area (Å²) in [5.41, 5.74) is 4.86. The largest absolute Gasteiger partial charge is 0.393 e. The van der Waals surface area contributed by atoms with Crippen molar-refractivity contribution in [2.45, 2.75) is 18.9 Å². The first kappa shape index (κ1) is 23.1. The van der Waals surface area contributed by atoms with Crippen LogP contribution in [0.3, 0.4) is 0 Å². The lowest BCUT2D eigenvalue weighted by Crippen LogP contribution is -2.35. The van der Waals surface area contributed by atoms with Crippen molar-refractivity contribution < 1.29 is 13.5 Å². The highest BCUT2D eigenvalue weighted by Gasteiger charge is 2.19. The number of aromatic nitrogens is 3. The number of nitrogens with one attached hydrogen (secondary N) is 1. The van der Waals surface area contributed by atoms with Gasteiger partial charge in [0.05, 0.1) is 35.5 Å². The average Bonchev–Trinajstić information content (AvgIpc) is 3.27. The van der Waals surface area contributed by atoms with E-state index in [4.69, 9.17) is 0 Å². The van der Waals surface area contributed by atoms with E-state index in [1.807, 2.05) is 42.5 Å². The third kappa shape index (κ3) is 4.80. The first-order valence-electron chi connectivity index (χ1n) is 11.5. The Morgan fingerprint density at radius 3 is 2.46 bits per heavy atom. The number of aliphatic hydroxyl groups is 1. The van der Waals surface area contributed by atoms with Crippen molar-refractivity contribution in [1.29, 1.82) is 0 Å². The van der Waals surface area contributed by atoms with Crippen LogP contribution in [0.5, 0.6) is 0 Å². The zero-order valence-electron chi connectivity index (χ0n) is 19.7. The molecule has 0 saturated carbocycles. The van der Waals surface area contributed by atoms with E-state index in [0.29, 0.717) is 11.6 Å². The fraction of sp³-hybridized carbons (Fsp3) is 0.280. The molecule has 1 aliphatic heterocycles. The summed E-state index contributed by atoms with van der Waals surface area (Å²) in [5, 5.41) is 17.7. The SMILES string of the molecule is CN(c1ccccc1-c1ccc2cnc(Nc3ccc(N4CCC(O)CC4)cc3)nn12)S(C)(=O)=O. The average molecular weight is 493 g/mol. The Balaban J connectivity index is 1.42. The Bertz CT molecular complexity index is 1440. The van der Waals surface area contributed by atoms with Crippen molar-refractivity contribution in [3.05, 3.63) is 66.9 Å². The monoisotopic (exact) mass is 492 g/mol. The number of piperidine rings is 1. The second-order valence-corrected chi connectivity index (χ2v) is 10.8. The van der Waals surface area contributed by atoms with Crippen LogP contribution in [0, 0.1) is 0 Å². The van der Waals surface area contributed by atoms with Crippen molar-refractivity contribution in [3.63, 3.8) is 0 Å². The molecule has 2 aromatic carbocycles. The smallest absolute Gasteiger partial charge is 0.245 e. The van der Waals surface area contributed by atoms with E-state index in [2.05, 4.69) is 32.4 Å². The summed E-state index contributed by atoms with van der Waals surface area (Å²) in [6.07, 6.45) is 4.29. The lowest BCUT2D eigenvalue weighted by atomic mass is 10.1. The molecule has 0 radical (unpaired) electrons. The molecule has 2 aromatic heterocycles. The van der Waals surface area contributed by atoms with E-state index in [1.54, 1.807) is 23.8 Å². The maximum atomic E-state index is 12.2. The van der Waals surface area contributed by atoms with Gasteiger partial charge in [-0.05, 0) is 55.3 Å². The zero-order chi connectivity index (χ0) is 24.6. The molecule has 0 aliphatic carbocycles. The number of aliphatic hydroxyl groups excluding tert-OH is 1. The van der Waals surface area contributed by atoms with Crippen LogP contribution in [0.1, 0.15) is 12.8 Å². The summed E-state index contributed by atoms with van der Waals surface area (Å²) in [7, 11) is -1.88. The van der Waals surface area contributed by atoms with Crippen LogP contribution < -0.4 is 14.5 Å². The topological polar surface area (TPSA) is 103 Å². The van der Waals surface area contributed by atoms with Gasteiger partial charge in [-0.2, -0.15) is 0 Å². The summed E-state index contributed by atoms with van der Waals surface area (Å²) in [4.78, 5) is 6.71. The van der Waals surface area contributed by atoms with Gasteiger partial charge in [-0.1, -0.05) is 18.2 Å². The van der Waals surface area contributed by atoms with Crippen molar-refractivity contribution in [1.82, 2.24) is 14.6 Å². The molecule has 0 amide bonds. The lowest BCUT2D eigenvalue weighted by Gasteiger charge is -2.31. The van der Waals surface area contributed by atoms with E-state index in [0.717, 1.165) is 54.1 Å². The number of sulfonamides is 1. The number of hydrogen-bond donors (Lipinski definition) is 2. The highest BCUT2D eigenvalue weighted by Crippen LogP contribution is 2.32. The quantitative estimate of drug-likeness (QED) is 0.425. The molecule has 10 heteroatoms. The van der Waals surface area contributed by atoms with E-state index in [-0.39, 0.29) is 6.10 Å². The van der Waals surface area contributed by atoms with E-state index in [1.165, 1.54) is 10.6 Å². The maximum Gasteiger partial charge on any atom is 0.245 e. The van der Waals surface area contributed by atoms with Gasteiger partial charge in [0.2, 0.25) is 16.0 Å². The highest BCUT2D eigenvalue weighted by molar-refractivity contribution is 7.92. The molecule has 0 bridgehead atoms. The molecule has 5 rings (SSSR count). The van der Waals surface area contributed by atoms with Crippen LogP contribution in [0.2, 0.25) is 0 Å². The molecular formula is C25H28N6O3S. The number of benzene rings is 2. The fourth-order valence-corrected chi connectivity index (χ4v) is 4.83. The van der Waals surface area contributed by atoms with Crippen molar-refractivity contribution >= 4 is 38.6 Å². The molecule has 1 saturated heterocycles. The number of rotatable bonds is 6. The highest BCUT2D eigenvalue weighted by atomic mass is 32.2. The summed E-state index contributed by atoms with van der Waals surface area (Å²) in [5.74, 6) is 0.428. The predicted molar refractivity (Wildman–Crippen MR) is 139 cm³/mol. The van der Waals surface area contributed by atoms with Crippen LogP contribution >= 0.6 is 0 Å². The van der Waals surface area contributed by atoms with Crippen LogP contribution in [-0.2, 0) is 10.0 Å². The Kier molecular flexibility index (Phi) is 6.08. The molecule has 3 heterocycles. The Hall–Kier alpha value is -3.63. The lowest BCUT2D eigenvalue weighted by molar-refractivity contribution is 0.145. The fourth-order valence-electron chi connectivity index (χ4n) is 4.32. The number of fused-ring (bicyclic) bond motifs is 1. The van der Waals surface area contributed by atoms with Crippen LogP contribution in [0.15, 0.2) is 66.9 Å². The minimum Gasteiger partial charge on any atom is -0.393 e. The van der Waals surface area contributed by atoms with Gasteiger partial charge in [0.15, 0.2) is 0 Å². The van der Waals surface area contributed by atoms with E-state index < -0.39 is 10.0 Å². The van der Waals surface area contributed by atoms with E-state index >= 15 is 0 Å². The first-order chi connectivity index (χ1) is 16.8. The first-order valence-corrected chi connectivity index (χ1v) is 13.3. The third-order valence-corrected chi connectivity index (χ3v) is 7.56. The van der Waals surface area contributed by atoms with Crippen LogP contribution in [0.4, 0.5) is 23.0 Å². The van der Waals surface area contributed by atoms with Gasteiger partial charge >= 0.3 is 0 Å². The van der Waals surface area contributed by atoms with Gasteiger partial charge in [0, 0.05) is 37.1 Å². The van der Waals surface area contributed by atoms with Gasteiger partial charge in [0.1, 0.15) is 0 Å². The number of anilines is 4. The third-order valence-electron chi connectivity index (χ3n) is 6.37. The normalized spacial score (nSPS) is 14.9. The molecule has 0 atom stereocenters. The van der Waals surface area contributed by atoms with Gasteiger partial charge in [0.25, 0.3) is 0 Å². The van der Waals surface area contributed by atoms with Gasteiger partial charge in [-0.15, -0.1) is 5.10 Å². The number of para-hydroxylation sites is 1. The van der Waals surface area contributed by atoms with Crippen molar-refractivity contribution in [2.75, 3.05) is 40.9 Å². The molecule has 9 nitrogen and oxygen atoms in total. The Morgan fingerprint density at radius 2 is 1.74 bits per heavy atom. The summed E-state index contributed by atoms with van der Waals surface area (Å²) >= 11 is 0.